The highest BCUT2D eigenvalue weighted by Gasteiger charge is 2.22. The van der Waals surface area contributed by atoms with Gasteiger partial charge in [0.1, 0.15) is 0 Å². The molecule has 9 heteroatoms. The van der Waals surface area contributed by atoms with Crippen LogP contribution in [0.4, 0.5) is 5.69 Å². The molecule has 0 fully saturated rings. The number of esters is 1. The van der Waals surface area contributed by atoms with Crippen molar-refractivity contribution in [2.75, 3.05) is 25.2 Å². The second-order valence-electron chi connectivity index (χ2n) is 6.19. The molecule has 0 heterocycles. The molecule has 28 heavy (non-hydrogen) atoms. The Morgan fingerprint density at radius 2 is 1.86 bits per heavy atom. The standard InChI is InChI=1S/C19H21ClN2O5S/c1-13-8-9-14(19(24)27-2)10-17(13)21-18(23)12-22(28(3,25)26)11-15-6-4-5-7-16(15)20/h4-10H,11-12H2,1-3H3,(H,21,23). The molecule has 0 unspecified atom stereocenters. The second-order valence-corrected chi connectivity index (χ2v) is 8.58. The number of hydrogen-bond acceptors (Lipinski definition) is 5. The Balaban J connectivity index is 2.19. The van der Waals surface area contributed by atoms with Gasteiger partial charge in [-0.1, -0.05) is 35.9 Å². The number of methoxy groups -OCH3 is 1. The van der Waals surface area contributed by atoms with E-state index in [4.69, 9.17) is 11.6 Å². The Kier molecular flexibility index (Phi) is 7.17. The first kappa shape index (κ1) is 21.9. The second kappa shape index (κ2) is 9.18. The van der Waals surface area contributed by atoms with Crippen LogP contribution in [0.5, 0.6) is 0 Å². The van der Waals surface area contributed by atoms with Gasteiger partial charge in [-0.25, -0.2) is 13.2 Å². The van der Waals surface area contributed by atoms with Crippen molar-refractivity contribution in [1.29, 1.82) is 0 Å². The van der Waals surface area contributed by atoms with Crippen molar-refractivity contribution in [3.63, 3.8) is 0 Å². The van der Waals surface area contributed by atoms with Gasteiger partial charge in [0.15, 0.2) is 0 Å². The molecule has 150 valence electrons. The largest absolute Gasteiger partial charge is 0.465 e. The summed E-state index contributed by atoms with van der Waals surface area (Å²) in [6.07, 6.45) is 1.03. The summed E-state index contributed by atoms with van der Waals surface area (Å²) in [5.74, 6) is -1.07. The van der Waals surface area contributed by atoms with E-state index in [0.717, 1.165) is 16.1 Å². The minimum atomic E-state index is -3.66. The molecule has 0 aliphatic carbocycles. The van der Waals surface area contributed by atoms with Gasteiger partial charge >= 0.3 is 5.97 Å². The third-order valence-corrected chi connectivity index (χ3v) is 5.59. The van der Waals surface area contributed by atoms with E-state index >= 15 is 0 Å². The lowest BCUT2D eigenvalue weighted by atomic mass is 10.1. The Hall–Kier alpha value is -2.42. The molecular formula is C19H21ClN2O5S. The number of sulfonamides is 1. The first-order chi connectivity index (χ1) is 13.1. The van der Waals surface area contributed by atoms with Gasteiger partial charge in [0.2, 0.25) is 15.9 Å². The van der Waals surface area contributed by atoms with E-state index in [2.05, 4.69) is 10.1 Å². The molecular weight excluding hydrogens is 404 g/mol. The van der Waals surface area contributed by atoms with Crippen LogP contribution in [0.1, 0.15) is 21.5 Å². The zero-order valence-electron chi connectivity index (χ0n) is 15.7. The predicted octanol–water partition coefficient (Wildman–Crippen LogP) is 2.84. The third kappa shape index (κ3) is 5.79. The van der Waals surface area contributed by atoms with Gasteiger partial charge in [0.05, 0.1) is 25.5 Å². The maximum atomic E-state index is 12.5. The van der Waals surface area contributed by atoms with Gasteiger partial charge < -0.3 is 10.1 Å². The van der Waals surface area contributed by atoms with Crippen LogP contribution in [0.3, 0.4) is 0 Å². The van der Waals surface area contributed by atoms with E-state index < -0.39 is 28.4 Å². The third-order valence-electron chi connectivity index (χ3n) is 4.03. The van der Waals surface area contributed by atoms with Gasteiger partial charge in [-0.05, 0) is 36.2 Å². The maximum Gasteiger partial charge on any atom is 0.337 e. The number of aryl methyl sites for hydroxylation is 1. The molecule has 2 rings (SSSR count). The summed E-state index contributed by atoms with van der Waals surface area (Å²) in [6, 6.07) is 11.6. The average Bonchev–Trinajstić information content (AvgIpc) is 2.63. The minimum Gasteiger partial charge on any atom is -0.465 e. The summed E-state index contributed by atoms with van der Waals surface area (Å²) in [4.78, 5) is 24.2. The van der Waals surface area contributed by atoms with Crippen molar-refractivity contribution in [2.24, 2.45) is 0 Å². The molecule has 0 spiro atoms. The molecule has 7 nitrogen and oxygen atoms in total. The van der Waals surface area contributed by atoms with E-state index in [9.17, 15) is 18.0 Å². The zero-order valence-corrected chi connectivity index (χ0v) is 17.3. The van der Waals surface area contributed by atoms with E-state index in [-0.39, 0.29) is 12.1 Å². The van der Waals surface area contributed by atoms with Crippen molar-refractivity contribution in [3.05, 3.63) is 64.2 Å². The van der Waals surface area contributed by atoms with Gasteiger partial charge in [0, 0.05) is 17.3 Å². The van der Waals surface area contributed by atoms with E-state index in [1.165, 1.54) is 13.2 Å². The quantitative estimate of drug-likeness (QED) is 0.690. The first-order valence-corrected chi connectivity index (χ1v) is 10.5. The Bertz CT molecular complexity index is 992. The van der Waals surface area contributed by atoms with Crippen molar-refractivity contribution < 1.29 is 22.7 Å². The number of carbonyl (C=O) groups is 2. The molecule has 0 radical (unpaired) electrons. The number of rotatable bonds is 7. The van der Waals surface area contributed by atoms with Gasteiger partial charge in [0.25, 0.3) is 0 Å². The summed E-state index contributed by atoms with van der Waals surface area (Å²) >= 11 is 6.10. The summed E-state index contributed by atoms with van der Waals surface area (Å²) < 4.78 is 30.0. The molecule has 0 saturated heterocycles. The topological polar surface area (TPSA) is 92.8 Å². The van der Waals surface area contributed by atoms with Crippen LogP contribution in [0, 0.1) is 6.92 Å². The Labute approximate surface area is 169 Å². The lowest BCUT2D eigenvalue weighted by molar-refractivity contribution is -0.116. The first-order valence-electron chi connectivity index (χ1n) is 8.29. The smallest absolute Gasteiger partial charge is 0.337 e. The highest BCUT2D eigenvalue weighted by Crippen LogP contribution is 2.20. The monoisotopic (exact) mass is 424 g/mol. The van der Waals surface area contributed by atoms with Crippen LogP contribution in [-0.2, 0) is 26.1 Å². The molecule has 0 saturated carbocycles. The molecule has 1 N–H and O–H groups in total. The molecule has 0 bridgehead atoms. The Morgan fingerprint density at radius 3 is 2.46 bits per heavy atom. The van der Waals surface area contributed by atoms with Gasteiger partial charge in [-0.15, -0.1) is 0 Å². The molecule has 0 aliphatic heterocycles. The number of carbonyl (C=O) groups excluding carboxylic acids is 2. The summed E-state index contributed by atoms with van der Waals surface area (Å²) in [5.41, 5.74) is 1.99. The van der Waals surface area contributed by atoms with Crippen molar-refractivity contribution >= 4 is 39.2 Å². The number of amides is 1. The van der Waals surface area contributed by atoms with E-state index in [1.807, 2.05) is 0 Å². The van der Waals surface area contributed by atoms with Crippen molar-refractivity contribution in [2.45, 2.75) is 13.5 Å². The highest BCUT2D eigenvalue weighted by molar-refractivity contribution is 7.88. The lowest BCUT2D eigenvalue weighted by Gasteiger charge is -2.20. The summed E-state index contributed by atoms with van der Waals surface area (Å²) in [5, 5.41) is 3.06. The van der Waals surface area contributed by atoms with Gasteiger partial charge in [-0.3, -0.25) is 4.79 Å². The predicted molar refractivity (Wildman–Crippen MR) is 108 cm³/mol. The zero-order chi connectivity index (χ0) is 20.9. The minimum absolute atomic E-state index is 0.0346. The van der Waals surface area contributed by atoms with Crippen LogP contribution in [-0.4, -0.2) is 44.5 Å². The molecule has 0 aliphatic rings. The Morgan fingerprint density at radius 1 is 1.18 bits per heavy atom. The number of halogens is 1. The molecule has 0 atom stereocenters. The summed E-state index contributed by atoms with van der Waals surface area (Å²) in [7, 11) is -2.40. The SMILES string of the molecule is COC(=O)c1ccc(C)c(NC(=O)CN(Cc2ccccc2Cl)S(C)(=O)=O)c1. The number of nitrogens with zero attached hydrogens (tertiary/aromatic N) is 1. The van der Waals surface area contributed by atoms with Crippen LogP contribution < -0.4 is 5.32 Å². The molecule has 2 aromatic rings. The van der Waals surface area contributed by atoms with Crippen molar-refractivity contribution in [1.82, 2.24) is 4.31 Å². The number of ether oxygens (including phenoxy) is 1. The molecule has 0 aromatic heterocycles. The lowest BCUT2D eigenvalue weighted by Crippen LogP contribution is -2.37. The summed E-state index contributed by atoms with van der Waals surface area (Å²) in [6.45, 7) is 1.33. The van der Waals surface area contributed by atoms with Crippen LogP contribution in [0.25, 0.3) is 0 Å². The normalized spacial score (nSPS) is 11.3. The van der Waals surface area contributed by atoms with Crippen LogP contribution >= 0.6 is 11.6 Å². The van der Waals surface area contributed by atoms with Crippen LogP contribution in [0.2, 0.25) is 5.02 Å². The number of benzene rings is 2. The molecule has 1 amide bonds. The highest BCUT2D eigenvalue weighted by atomic mass is 35.5. The fraction of sp³-hybridized carbons (Fsp3) is 0.263. The van der Waals surface area contributed by atoms with Crippen molar-refractivity contribution in [3.8, 4) is 0 Å². The fourth-order valence-corrected chi connectivity index (χ4v) is 3.38. The van der Waals surface area contributed by atoms with Crippen LogP contribution in [0.15, 0.2) is 42.5 Å². The maximum absolute atomic E-state index is 12.5. The average molecular weight is 425 g/mol. The number of nitrogens with one attached hydrogen (secondary N) is 1. The van der Waals surface area contributed by atoms with E-state index in [0.29, 0.717) is 16.3 Å². The number of hydrogen-bond donors (Lipinski definition) is 1. The van der Waals surface area contributed by atoms with E-state index in [1.54, 1.807) is 43.3 Å². The van der Waals surface area contributed by atoms with Gasteiger partial charge in [-0.2, -0.15) is 4.31 Å². The fourth-order valence-electron chi connectivity index (χ4n) is 2.46. The number of anilines is 1. The molecule has 2 aromatic carbocycles.